The maximum atomic E-state index is 6.37. The van der Waals surface area contributed by atoms with Crippen molar-refractivity contribution in [3.05, 3.63) is 12.7 Å². The molecule has 3 aliphatic rings. The van der Waals surface area contributed by atoms with Crippen LogP contribution in [0.15, 0.2) is 12.7 Å². The molecule has 2 aromatic rings. The molecule has 5 heterocycles. The molecule has 2 N–H and O–H groups in total. The normalized spacial score (nSPS) is 29.6. The van der Waals surface area contributed by atoms with Gasteiger partial charge in [-0.25, -0.2) is 15.0 Å². The van der Waals surface area contributed by atoms with E-state index in [1.807, 2.05) is 4.57 Å². The molecule has 8 nitrogen and oxygen atoms in total. The molecule has 0 amide bonds. The lowest BCUT2D eigenvalue weighted by molar-refractivity contribution is -0.0584. The van der Waals surface area contributed by atoms with Crippen LogP contribution in [0.2, 0.25) is 0 Å². The number of nitrogen functional groups attached to an aromatic ring is 1. The van der Waals surface area contributed by atoms with E-state index in [0.717, 1.165) is 25.0 Å². The topological polar surface area (TPSA) is 85.3 Å². The average Bonchev–Trinajstić information content (AvgIpc) is 3.26. The zero-order valence-corrected chi connectivity index (χ0v) is 14.6. The molecule has 2 atom stereocenters. The highest BCUT2D eigenvalue weighted by molar-refractivity contribution is 5.81. The van der Waals surface area contributed by atoms with Gasteiger partial charge in [-0.2, -0.15) is 0 Å². The smallest absolute Gasteiger partial charge is 0.167 e. The van der Waals surface area contributed by atoms with Gasteiger partial charge in [0.15, 0.2) is 11.5 Å². The molecule has 2 unspecified atom stereocenters. The van der Waals surface area contributed by atoms with Gasteiger partial charge in [0.2, 0.25) is 0 Å². The number of imidazole rings is 1. The third-order valence-electron chi connectivity index (χ3n) is 6.08. The molecule has 1 spiro atoms. The third-order valence-corrected chi connectivity index (χ3v) is 6.08. The summed E-state index contributed by atoms with van der Waals surface area (Å²) < 4.78 is 8.38. The van der Waals surface area contributed by atoms with E-state index in [0.29, 0.717) is 16.9 Å². The minimum Gasteiger partial charge on any atom is -0.382 e. The molecule has 0 aromatic carbocycles. The number of ether oxygens (including phenoxy) is 1. The molecule has 8 heteroatoms. The number of aromatic nitrogens is 4. The Morgan fingerprint density at radius 2 is 2.16 bits per heavy atom. The molecule has 25 heavy (non-hydrogen) atoms. The van der Waals surface area contributed by atoms with Gasteiger partial charge in [0.05, 0.1) is 12.4 Å². The van der Waals surface area contributed by atoms with E-state index < -0.39 is 0 Å². The SMILES string of the molecule is CN1CC2(CCCN2CC2CCC(n3cnc4c(N)ncnc43)O2)C1. The quantitative estimate of drug-likeness (QED) is 0.885. The van der Waals surface area contributed by atoms with Gasteiger partial charge in [-0.15, -0.1) is 0 Å². The molecular formula is C17H25N7O. The average molecular weight is 343 g/mol. The number of rotatable bonds is 3. The third kappa shape index (κ3) is 2.43. The summed E-state index contributed by atoms with van der Waals surface area (Å²) in [6.07, 6.45) is 8.25. The van der Waals surface area contributed by atoms with Gasteiger partial charge in [-0.1, -0.05) is 0 Å². The Morgan fingerprint density at radius 1 is 1.28 bits per heavy atom. The first kappa shape index (κ1) is 15.5. The Hall–Kier alpha value is -1.77. The van der Waals surface area contributed by atoms with Gasteiger partial charge in [-0.05, 0) is 39.3 Å². The fourth-order valence-corrected chi connectivity index (χ4v) is 4.95. The summed E-state index contributed by atoms with van der Waals surface area (Å²) in [6, 6.07) is 0. The van der Waals surface area contributed by atoms with Crippen LogP contribution < -0.4 is 5.73 Å². The van der Waals surface area contributed by atoms with Gasteiger partial charge in [-0.3, -0.25) is 9.47 Å². The molecule has 0 saturated carbocycles. The second-order valence-corrected chi connectivity index (χ2v) is 7.82. The fourth-order valence-electron chi connectivity index (χ4n) is 4.95. The molecule has 3 saturated heterocycles. The van der Waals surface area contributed by atoms with E-state index in [-0.39, 0.29) is 12.3 Å². The number of nitrogens with two attached hydrogens (primary N) is 1. The Kier molecular flexibility index (Phi) is 3.48. The van der Waals surface area contributed by atoms with Crippen LogP contribution in [0.5, 0.6) is 0 Å². The number of anilines is 1. The van der Waals surface area contributed by atoms with Crippen LogP contribution in [0, 0.1) is 0 Å². The first-order valence-electron chi connectivity index (χ1n) is 9.17. The van der Waals surface area contributed by atoms with Gasteiger partial charge < -0.3 is 15.4 Å². The van der Waals surface area contributed by atoms with Crippen LogP contribution in [-0.2, 0) is 4.74 Å². The highest BCUT2D eigenvalue weighted by Gasteiger charge is 2.49. The van der Waals surface area contributed by atoms with Crippen molar-refractivity contribution >= 4 is 17.0 Å². The number of nitrogens with zero attached hydrogens (tertiary/aromatic N) is 6. The predicted octanol–water partition coefficient (Wildman–Crippen LogP) is 0.866. The van der Waals surface area contributed by atoms with Crippen LogP contribution in [-0.4, -0.2) is 74.2 Å². The van der Waals surface area contributed by atoms with Crippen molar-refractivity contribution in [2.24, 2.45) is 0 Å². The standard InChI is InChI=1S/C17H25N7O/c1-22-8-17(9-22)5-2-6-23(17)7-12-3-4-13(25-12)24-11-21-14-15(18)19-10-20-16(14)24/h10-13H,2-9H2,1H3,(H2,18,19,20). The van der Waals surface area contributed by atoms with Crippen molar-refractivity contribution < 1.29 is 4.74 Å². The molecule has 2 aromatic heterocycles. The molecule has 134 valence electrons. The van der Waals surface area contributed by atoms with Crippen LogP contribution in [0.25, 0.3) is 11.2 Å². The highest BCUT2D eigenvalue weighted by Crippen LogP contribution is 2.39. The lowest BCUT2D eigenvalue weighted by Gasteiger charge is -2.52. The van der Waals surface area contributed by atoms with E-state index in [4.69, 9.17) is 10.5 Å². The van der Waals surface area contributed by atoms with E-state index in [1.165, 1.54) is 38.8 Å². The Labute approximate surface area is 147 Å². The monoisotopic (exact) mass is 343 g/mol. The Morgan fingerprint density at radius 3 is 3.00 bits per heavy atom. The Bertz CT molecular complexity index is 784. The second-order valence-electron chi connectivity index (χ2n) is 7.82. The summed E-state index contributed by atoms with van der Waals surface area (Å²) in [5.41, 5.74) is 7.72. The Balaban J connectivity index is 1.29. The molecular weight excluding hydrogens is 318 g/mol. The molecule has 3 fully saturated rings. The van der Waals surface area contributed by atoms with Crippen LogP contribution >= 0.6 is 0 Å². The summed E-state index contributed by atoms with van der Waals surface area (Å²) in [5, 5.41) is 0. The van der Waals surface area contributed by atoms with Gasteiger partial charge in [0.25, 0.3) is 0 Å². The van der Waals surface area contributed by atoms with Crippen LogP contribution in [0.1, 0.15) is 31.9 Å². The minimum atomic E-state index is -0.00748. The van der Waals surface area contributed by atoms with Crippen LogP contribution in [0.3, 0.4) is 0 Å². The summed E-state index contributed by atoms with van der Waals surface area (Å²) >= 11 is 0. The maximum Gasteiger partial charge on any atom is 0.167 e. The second kappa shape index (κ2) is 5.62. The lowest BCUT2D eigenvalue weighted by Crippen LogP contribution is -2.67. The number of likely N-dealkylation sites (tertiary alicyclic amines) is 2. The molecule has 0 radical (unpaired) electrons. The van der Waals surface area contributed by atoms with Crippen LogP contribution in [0.4, 0.5) is 5.82 Å². The minimum absolute atomic E-state index is 0.00748. The van der Waals surface area contributed by atoms with E-state index in [9.17, 15) is 0 Å². The molecule has 0 aliphatic carbocycles. The fraction of sp³-hybridized carbons (Fsp3) is 0.706. The van der Waals surface area contributed by atoms with Crippen molar-refractivity contribution in [2.45, 2.75) is 43.6 Å². The van der Waals surface area contributed by atoms with E-state index in [1.54, 1.807) is 6.33 Å². The summed E-state index contributed by atoms with van der Waals surface area (Å²) in [7, 11) is 2.21. The van der Waals surface area contributed by atoms with Crippen molar-refractivity contribution in [3.8, 4) is 0 Å². The highest BCUT2D eigenvalue weighted by atomic mass is 16.5. The summed E-state index contributed by atoms with van der Waals surface area (Å²) in [6.45, 7) is 4.64. The van der Waals surface area contributed by atoms with Gasteiger partial charge in [0.1, 0.15) is 18.1 Å². The molecule has 5 rings (SSSR count). The number of hydrogen-bond donors (Lipinski definition) is 1. The van der Waals surface area contributed by atoms with Crippen molar-refractivity contribution in [1.29, 1.82) is 0 Å². The summed E-state index contributed by atoms with van der Waals surface area (Å²) in [4.78, 5) is 17.8. The largest absolute Gasteiger partial charge is 0.382 e. The molecule has 3 aliphatic heterocycles. The van der Waals surface area contributed by atoms with Crippen molar-refractivity contribution in [2.75, 3.05) is 39.0 Å². The van der Waals surface area contributed by atoms with Crippen molar-refractivity contribution in [1.82, 2.24) is 29.3 Å². The zero-order valence-electron chi connectivity index (χ0n) is 14.6. The molecule has 0 bridgehead atoms. The van der Waals surface area contributed by atoms with Gasteiger partial charge >= 0.3 is 0 Å². The number of likely N-dealkylation sites (N-methyl/N-ethyl adjacent to an activating group) is 1. The van der Waals surface area contributed by atoms with E-state index in [2.05, 4.69) is 31.8 Å². The first-order chi connectivity index (χ1) is 12.1. The van der Waals surface area contributed by atoms with E-state index >= 15 is 0 Å². The lowest BCUT2D eigenvalue weighted by atomic mass is 9.87. The predicted molar refractivity (Wildman–Crippen MR) is 93.9 cm³/mol. The zero-order chi connectivity index (χ0) is 17.0. The summed E-state index contributed by atoms with van der Waals surface area (Å²) in [5.74, 6) is 0.423. The van der Waals surface area contributed by atoms with Gasteiger partial charge in [0, 0.05) is 25.2 Å². The number of fused-ring (bicyclic) bond motifs is 1. The van der Waals surface area contributed by atoms with Crippen molar-refractivity contribution in [3.63, 3.8) is 0 Å². The first-order valence-corrected chi connectivity index (χ1v) is 9.17. The number of hydrogen-bond acceptors (Lipinski definition) is 7. The maximum absolute atomic E-state index is 6.37.